The number of rotatable bonds is 10. The molecule has 3 aliphatic carbocycles. The van der Waals surface area contributed by atoms with Crippen LogP contribution in [0.4, 0.5) is 0 Å². The Kier molecular flexibility index (Phi) is 7.75. The Labute approximate surface area is 175 Å². The van der Waals surface area contributed by atoms with Crippen molar-refractivity contribution in [3.63, 3.8) is 0 Å². The molecule has 0 aromatic carbocycles. The van der Waals surface area contributed by atoms with Gasteiger partial charge in [-0.05, 0) is 69.1 Å². The third-order valence-corrected chi connectivity index (χ3v) is 7.56. The first-order chi connectivity index (χ1) is 13.9. The van der Waals surface area contributed by atoms with Gasteiger partial charge in [0, 0.05) is 12.3 Å². The SMILES string of the molecule is C=CC(O)(C/C=C/[C@H]1[C@H]2CC(CCCCC(=O)O)=C[C@H]2C[C@H]1O)C1CCCCC1. The van der Waals surface area contributed by atoms with Gasteiger partial charge in [-0.25, -0.2) is 0 Å². The molecule has 4 nitrogen and oxygen atoms in total. The van der Waals surface area contributed by atoms with Gasteiger partial charge in [0.05, 0.1) is 11.7 Å². The number of unbranched alkanes of at least 4 members (excludes halogenated alkanes) is 1. The summed E-state index contributed by atoms with van der Waals surface area (Å²) < 4.78 is 0. The van der Waals surface area contributed by atoms with Crippen molar-refractivity contribution in [2.24, 2.45) is 23.7 Å². The molecule has 0 bridgehead atoms. The van der Waals surface area contributed by atoms with Gasteiger partial charge in [-0.3, -0.25) is 4.79 Å². The highest BCUT2D eigenvalue weighted by atomic mass is 16.4. The van der Waals surface area contributed by atoms with Crippen LogP contribution in [0.15, 0.2) is 36.5 Å². The Bertz CT molecular complexity index is 631. The van der Waals surface area contributed by atoms with Crippen molar-refractivity contribution in [1.82, 2.24) is 0 Å². The molecule has 0 amide bonds. The van der Waals surface area contributed by atoms with Gasteiger partial charge in [-0.1, -0.05) is 49.1 Å². The number of carboxylic acid groups (broad SMARTS) is 1. The molecule has 0 aromatic heterocycles. The van der Waals surface area contributed by atoms with E-state index < -0.39 is 11.6 Å². The molecule has 0 heterocycles. The summed E-state index contributed by atoms with van der Waals surface area (Å²) in [6, 6.07) is 0. The van der Waals surface area contributed by atoms with E-state index in [1.165, 1.54) is 24.8 Å². The maximum absolute atomic E-state index is 11.1. The lowest BCUT2D eigenvalue weighted by molar-refractivity contribution is -0.137. The van der Waals surface area contributed by atoms with Gasteiger partial charge in [-0.15, -0.1) is 6.58 Å². The molecule has 3 rings (SSSR count). The van der Waals surface area contributed by atoms with Crippen molar-refractivity contribution in [3.8, 4) is 0 Å². The maximum Gasteiger partial charge on any atom is 0.303 e. The van der Waals surface area contributed by atoms with Crippen LogP contribution in [0.3, 0.4) is 0 Å². The quantitative estimate of drug-likeness (QED) is 0.354. The number of aliphatic carboxylic acids is 1. The molecule has 0 saturated heterocycles. The zero-order chi connectivity index (χ0) is 20.9. The molecule has 5 atom stereocenters. The fourth-order valence-electron chi connectivity index (χ4n) is 5.85. The number of allylic oxidation sites excluding steroid dienone is 2. The minimum Gasteiger partial charge on any atom is -0.481 e. The van der Waals surface area contributed by atoms with Crippen LogP contribution in [-0.4, -0.2) is 33.0 Å². The van der Waals surface area contributed by atoms with E-state index in [4.69, 9.17) is 5.11 Å². The lowest BCUT2D eigenvalue weighted by atomic mass is 9.75. The van der Waals surface area contributed by atoms with Crippen LogP contribution in [0.5, 0.6) is 0 Å². The Morgan fingerprint density at radius 2 is 2.00 bits per heavy atom. The van der Waals surface area contributed by atoms with Crippen molar-refractivity contribution in [3.05, 3.63) is 36.5 Å². The third kappa shape index (κ3) is 5.61. The van der Waals surface area contributed by atoms with Crippen LogP contribution in [0, 0.1) is 23.7 Å². The van der Waals surface area contributed by atoms with Gasteiger partial charge in [0.1, 0.15) is 0 Å². The number of carboxylic acids is 1. The molecule has 4 heteroatoms. The van der Waals surface area contributed by atoms with Crippen molar-refractivity contribution < 1.29 is 20.1 Å². The van der Waals surface area contributed by atoms with Gasteiger partial charge in [0.15, 0.2) is 0 Å². The number of aliphatic hydroxyl groups is 2. The molecular formula is C25H38O4. The van der Waals surface area contributed by atoms with Crippen LogP contribution in [0.2, 0.25) is 0 Å². The third-order valence-electron chi connectivity index (χ3n) is 7.56. The lowest BCUT2D eigenvalue weighted by Crippen LogP contribution is -2.36. The number of aliphatic hydroxyl groups excluding tert-OH is 1. The first-order valence-corrected chi connectivity index (χ1v) is 11.5. The molecule has 0 radical (unpaired) electrons. The van der Waals surface area contributed by atoms with Gasteiger partial charge in [0.2, 0.25) is 0 Å². The molecule has 3 N–H and O–H groups in total. The second kappa shape index (κ2) is 10.1. The first kappa shape index (κ1) is 22.3. The molecule has 162 valence electrons. The predicted octanol–water partition coefficient (Wildman–Crippen LogP) is 5.02. The Balaban J connectivity index is 1.52. The number of carbonyl (C=O) groups is 1. The Hall–Kier alpha value is -1.39. The molecule has 1 unspecified atom stereocenters. The molecular weight excluding hydrogens is 364 g/mol. The van der Waals surface area contributed by atoms with E-state index in [2.05, 4.69) is 24.8 Å². The summed E-state index contributed by atoms with van der Waals surface area (Å²) in [6.45, 7) is 3.90. The molecule has 29 heavy (non-hydrogen) atoms. The second-order valence-electron chi connectivity index (χ2n) is 9.50. The zero-order valence-corrected chi connectivity index (χ0v) is 17.6. The van der Waals surface area contributed by atoms with E-state index in [9.17, 15) is 15.0 Å². The van der Waals surface area contributed by atoms with Crippen LogP contribution in [-0.2, 0) is 4.79 Å². The van der Waals surface area contributed by atoms with Gasteiger partial charge in [-0.2, -0.15) is 0 Å². The molecule has 0 aromatic rings. The summed E-state index contributed by atoms with van der Waals surface area (Å²) in [6.07, 6.45) is 19.1. The minimum atomic E-state index is -0.830. The summed E-state index contributed by atoms with van der Waals surface area (Å²) >= 11 is 0. The fraction of sp³-hybridized carbons (Fsp3) is 0.720. The largest absolute Gasteiger partial charge is 0.481 e. The van der Waals surface area contributed by atoms with Crippen LogP contribution in [0.1, 0.15) is 77.0 Å². The number of hydrogen-bond donors (Lipinski definition) is 3. The summed E-state index contributed by atoms with van der Waals surface area (Å²) in [5.41, 5.74) is 0.601. The Morgan fingerprint density at radius 3 is 2.69 bits per heavy atom. The number of fused-ring (bicyclic) bond motifs is 1. The molecule has 2 fully saturated rings. The smallest absolute Gasteiger partial charge is 0.303 e. The fourth-order valence-corrected chi connectivity index (χ4v) is 5.85. The topological polar surface area (TPSA) is 77.8 Å². The van der Waals surface area contributed by atoms with E-state index in [0.29, 0.717) is 24.2 Å². The molecule has 0 aliphatic heterocycles. The maximum atomic E-state index is 11.1. The average Bonchev–Trinajstić information content (AvgIpc) is 3.23. The Morgan fingerprint density at radius 1 is 1.24 bits per heavy atom. The van der Waals surface area contributed by atoms with Crippen molar-refractivity contribution in [2.45, 2.75) is 88.8 Å². The first-order valence-electron chi connectivity index (χ1n) is 11.5. The summed E-state index contributed by atoms with van der Waals surface area (Å²) in [7, 11) is 0. The van der Waals surface area contributed by atoms with Crippen molar-refractivity contribution in [1.29, 1.82) is 0 Å². The van der Waals surface area contributed by atoms with Crippen molar-refractivity contribution in [2.75, 3.05) is 0 Å². The van der Waals surface area contributed by atoms with Crippen molar-refractivity contribution >= 4 is 5.97 Å². The summed E-state index contributed by atoms with van der Waals surface area (Å²) in [5, 5.41) is 30.4. The van der Waals surface area contributed by atoms with Gasteiger partial charge < -0.3 is 15.3 Å². The average molecular weight is 403 g/mol. The molecule has 2 saturated carbocycles. The summed E-state index contributed by atoms with van der Waals surface area (Å²) in [4.78, 5) is 10.7. The van der Waals surface area contributed by atoms with E-state index in [-0.39, 0.29) is 18.4 Å². The minimum absolute atomic E-state index is 0.146. The highest BCUT2D eigenvalue weighted by Gasteiger charge is 2.43. The summed E-state index contributed by atoms with van der Waals surface area (Å²) in [5.74, 6) is 0.606. The van der Waals surface area contributed by atoms with E-state index in [1.807, 2.05) is 0 Å². The second-order valence-corrected chi connectivity index (χ2v) is 9.50. The highest BCUT2D eigenvalue weighted by Crippen LogP contribution is 2.48. The van der Waals surface area contributed by atoms with E-state index >= 15 is 0 Å². The number of hydrogen-bond acceptors (Lipinski definition) is 3. The molecule has 0 spiro atoms. The van der Waals surface area contributed by atoms with Crippen LogP contribution >= 0.6 is 0 Å². The van der Waals surface area contributed by atoms with Gasteiger partial charge >= 0.3 is 5.97 Å². The van der Waals surface area contributed by atoms with Crippen LogP contribution < -0.4 is 0 Å². The monoisotopic (exact) mass is 402 g/mol. The van der Waals surface area contributed by atoms with E-state index in [0.717, 1.165) is 44.9 Å². The standard InChI is InChI=1S/C25H38O4/c1-2-25(29,20-10-4-3-5-11-20)14-8-12-21-22-16-18(9-6-7-13-24(27)28)15-19(22)17-23(21)26/h2,8,12,15,19-23,26,29H,1,3-7,9-11,13-14,16-17H2,(H,27,28)/b12-8+/t19-,21-,22-,23+,25?/m0/s1. The van der Waals surface area contributed by atoms with Crippen LogP contribution in [0.25, 0.3) is 0 Å². The molecule has 3 aliphatic rings. The van der Waals surface area contributed by atoms with E-state index in [1.54, 1.807) is 6.08 Å². The lowest BCUT2D eigenvalue weighted by Gasteiger charge is -2.35. The highest BCUT2D eigenvalue weighted by molar-refractivity contribution is 5.66. The zero-order valence-electron chi connectivity index (χ0n) is 17.6. The predicted molar refractivity (Wildman–Crippen MR) is 115 cm³/mol. The normalized spacial score (nSPS) is 32.1. The van der Waals surface area contributed by atoms with Gasteiger partial charge in [0.25, 0.3) is 0 Å².